The Bertz CT molecular complexity index is 664. The first-order valence-corrected chi connectivity index (χ1v) is 11.1. The zero-order chi connectivity index (χ0) is 18.4. The minimum Gasteiger partial charge on any atom is -0.207 e. The molecule has 1 aliphatic heterocycles. The van der Waals surface area contributed by atoms with E-state index < -0.39 is 10.0 Å². The number of aryl methyl sites for hydroxylation is 1. The highest BCUT2D eigenvalue weighted by Crippen LogP contribution is 2.36. The van der Waals surface area contributed by atoms with Gasteiger partial charge in [0, 0.05) is 12.6 Å². The first-order valence-electron chi connectivity index (χ1n) is 9.61. The summed E-state index contributed by atoms with van der Waals surface area (Å²) in [4.78, 5) is 0.413. The molecule has 0 spiro atoms. The second-order valence-electron chi connectivity index (χ2n) is 7.44. The van der Waals surface area contributed by atoms with E-state index in [1.54, 1.807) is 16.4 Å². The van der Waals surface area contributed by atoms with Gasteiger partial charge in [-0.3, -0.25) is 0 Å². The lowest BCUT2D eigenvalue weighted by Crippen LogP contribution is -2.38. The molecule has 0 N–H and O–H groups in total. The van der Waals surface area contributed by atoms with E-state index in [0.717, 1.165) is 30.4 Å². The summed E-state index contributed by atoms with van der Waals surface area (Å²) < 4.78 is 28.1. The van der Waals surface area contributed by atoms with E-state index in [-0.39, 0.29) is 12.0 Å². The Morgan fingerprint density at radius 1 is 1.16 bits per heavy atom. The highest BCUT2D eigenvalue weighted by Gasteiger charge is 2.41. The molecule has 0 bridgehead atoms. The quantitative estimate of drug-likeness (QED) is 0.440. The molecule has 140 valence electrons. The van der Waals surface area contributed by atoms with E-state index in [4.69, 9.17) is 0 Å². The van der Waals surface area contributed by atoms with Crippen LogP contribution in [0.3, 0.4) is 0 Å². The van der Waals surface area contributed by atoms with Crippen molar-refractivity contribution in [3.63, 3.8) is 0 Å². The van der Waals surface area contributed by atoms with Gasteiger partial charge >= 0.3 is 0 Å². The van der Waals surface area contributed by atoms with E-state index in [0.29, 0.717) is 11.4 Å². The maximum Gasteiger partial charge on any atom is 0.243 e. The summed E-state index contributed by atoms with van der Waals surface area (Å²) in [6.45, 7) is 11.0. The average molecular weight is 364 g/mol. The summed E-state index contributed by atoms with van der Waals surface area (Å²) in [5, 5.41) is 0. The van der Waals surface area contributed by atoms with Crippen LogP contribution in [0.15, 0.2) is 41.3 Å². The monoisotopic (exact) mass is 363 g/mol. The molecule has 0 aromatic heterocycles. The number of sulfonamides is 1. The van der Waals surface area contributed by atoms with Gasteiger partial charge in [0.15, 0.2) is 0 Å². The van der Waals surface area contributed by atoms with Crippen molar-refractivity contribution in [2.24, 2.45) is 5.92 Å². The van der Waals surface area contributed by atoms with Gasteiger partial charge in [-0.2, -0.15) is 4.31 Å². The molecule has 1 saturated heterocycles. The van der Waals surface area contributed by atoms with E-state index >= 15 is 0 Å². The van der Waals surface area contributed by atoms with Crippen molar-refractivity contribution >= 4 is 10.0 Å². The Hall–Kier alpha value is -1.13. The van der Waals surface area contributed by atoms with Crippen molar-refractivity contribution in [1.82, 2.24) is 4.31 Å². The Morgan fingerprint density at radius 2 is 1.80 bits per heavy atom. The highest BCUT2D eigenvalue weighted by molar-refractivity contribution is 7.89. The highest BCUT2D eigenvalue weighted by atomic mass is 32.2. The first-order chi connectivity index (χ1) is 11.9. The standard InChI is InChI=1S/C21H33NO2S/c1-5-6-7-8-9-10-21-20(17(2)3)15-16-22(21)25(23,24)19-13-11-18(4)12-14-19/h11-14,20-21H,2,5-10,15-16H2,1,3-4H3/t20-,21-/m0/s1. The fourth-order valence-electron chi connectivity index (χ4n) is 3.85. The molecule has 0 amide bonds. The Morgan fingerprint density at radius 3 is 2.40 bits per heavy atom. The molecular formula is C21H33NO2S. The van der Waals surface area contributed by atoms with Crippen molar-refractivity contribution in [3.8, 4) is 0 Å². The molecule has 1 heterocycles. The number of hydrogen-bond donors (Lipinski definition) is 0. The molecule has 0 aliphatic carbocycles. The predicted molar refractivity (Wildman–Crippen MR) is 105 cm³/mol. The van der Waals surface area contributed by atoms with Gasteiger partial charge in [0.2, 0.25) is 10.0 Å². The van der Waals surface area contributed by atoms with Crippen LogP contribution < -0.4 is 0 Å². The van der Waals surface area contributed by atoms with Crippen LogP contribution in [-0.2, 0) is 10.0 Å². The molecule has 1 aromatic carbocycles. The zero-order valence-corrected chi connectivity index (χ0v) is 16.8. The normalized spacial score (nSPS) is 21.6. The van der Waals surface area contributed by atoms with Gasteiger partial charge in [0.05, 0.1) is 4.90 Å². The van der Waals surface area contributed by atoms with Gasteiger partial charge in [-0.05, 0) is 44.7 Å². The second kappa shape index (κ2) is 9.00. The fourth-order valence-corrected chi connectivity index (χ4v) is 5.55. The summed E-state index contributed by atoms with van der Waals surface area (Å²) in [6.07, 6.45) is 7.84. The van der Waals surface area contributed by atoms with E-state index in [1.807, 2.05) is 26.0 Å². The summed E-state index contributed by atoms with van der Waals surface area (Å²) in [6, 6.07) is 7.27. The first kappa shape index (κ1) is 20.2. The minimum atomic E-state index is -3.43. The fraction of sp³-hybridized carbons (Fsp3) is 0.619. The average Bonchev–Trinajstić information content (AvgIpc) is 3.00. The molecule has 1 aromatic rings. The molecule has 1 fully saturated rings. The van der Waals surface area contributed by atoms with Gasteiger partial charge in [-0.1, -0.05) is 68.9 Å². The van der Waals surface area contributed by atoms with Crippen molar-refractivity contribution in [2.75, 3.05) is 6.54 Å². The second-order valence-corrected chi connectivity index (χ2v) is 9.33. The molecule has 2 atom stereocenters. The molecule has 0 radical (unpaired) electrons. The van der Waals surface area contributed by atoms with Gasteiger partial charge in [-0.15, -0.1) is 0 Å². The third-order valence-electron chi connectivity index (χ3n) is 5.36. The predicted octanol–water partition coefficient (Wildman–Crippen LogP) is 5.31. The van der Waals surface area contributed by atoms with Crippen LogP contribution in [0.1, 0.15) is 64.4 Å². The lowest BCUT2D eigenvalue weighted by Gasteiger charge is -2.28. The van der Waals surface area contributed by atoms with E-state index in [2.05, 4.69) is 13.5 Å². The van der Waals surface area contributed by atoms with Crippen LogP contribution in [-0.4, -0.2) is 25.3 Å². The topological polar surface area (TPSA) is 37.4 Å². The van der Waals surface area contributed by atoms with Crippen LogP contribution in [0.2, 0.25) is 0 Å². The van der Waals surface area contributed by atoms with E-state index in [1.165, 1.54) is 25.7 Å². The maximum absolute atomic E-state index is 13.2. The Kier molecular flexibility index (Phi) is 7.26. The van der Waals surface area contributed by atoms with Crippen molar-refractivity contribution in [2.45, 2.75) is 76.7 Å². The minimum absolute atomic E-state index is 0.0606. The third kappa shape index (κ3) is 4.95. The summed E-state index contributed by atoms with van der Waals surface area (Å²) in [5.74, 6) is 0.284. The Balaban J connectivity index is 2.15. The molecule has 0 saturated carbocycles. The number of unbranched alkanes of at least 4 members (excludes halogenated alkanes) is 4. The Labute approximate surface area is 154 Å². The van der Waals surface area contributed by atoms with Gasteiger partial charge < -0.3 is 0 Å². The number of benzene rings is 1. The lowest BCUT2D eigenvalue weighted by atomic mass is 9.90. The van der Waals surface area contributed by atoms with Gasteiger partial charge in [0.25, 0.3) is 0 Å². The number of rotatable bonds is 9. The van der Waals surface area contributed by atoms with Crippen LogP contribution in [0, 0.1) is 12.8 Å². The van der Waals surface area contributed by atoms with Crippen LogP contribution in [0.5, 0.6) is 0 Å². The SMILES string of the molecule is C=C(C)[C@@H]1CCN(S(=O)(=O)c2ccc(C)cc2)[C@H]1CCCCCCC. The molecule has 4 heteroatoms. The smallest absolute Gasteiger partial charge is 0.207 e. The van der Waals surface area contributed by atoms with Crippen LogP contribution >= 0.6 is 0 Å². The summed E-state index contributed by atoms with van der Waals surface area (Å²) in [7, 11) is -3.43. The van der Waals surface area contributed by atoms with Crippen LogP contribution in [0.25, 0.3) is 0 Å². The van der Waals surface area contributed by atoms with Crippen molar-refractivity contribution in [1.29, 1.82) is 0 Å². The van der Waals surface area contributed by atoms with Crippen LogP contribution in [0.4, 0.5) is 0 Å². The molecule has 25 heavy (non-hydrogen) atoms. The lowest BCUT2D eigenvalue weighted by molar-refractivity contribution is 0.328. The number of hydrogen-bond acceptors (Lipinski definition) is 2. The van der Waals surface area contributed by atoms with Crippen molar-refractivity contribution < 1.29 is 8.42 Å². The third-order valence-corrected chi connectivity index (χ3v) is 7.30. The summed E-state index contributed by atoms with van der Waals surface area (Å²) in [5.41, 5.74) is 2.19. The molecule has 0 unspecified atom stereocenters. The zero-order valence-electron chi connectivity index (χ0n) is 16.0. The maximum atomic E-state index is 13.2. The summed E-state index contributed by atoms with van der Waals surface area (Å²) >= 11 is 0. The van der Waals surface area contributed by atoms with Gasteiger partial charge in [-0.25, -0.2) is 8.42 Å². The molecule has 2 rings (SSSR count). The molecular weight excluding hydrogens is 330 g/mol. The largest absolute Gasteiger partial charge is 0.243 e. The van der Waals surface area contributed by atoms with Gasteiger partial charge in [0.1, 0.15) is 0 Å². The number of nitrogens with zero attached hydrogens (tertiary/aromatic N) is 1. The molecule has 1 aliphatic rings. The molecule has 3 nitrogen and oxygen atoms in total. The van der Waals surface area contributed by atoms with E-state index in [9.17, 15) is 8.42 Å². The van der Waals surface area contributed by atoms with Crippen molar-refractivity contribution in [3.05, 3.63) is 42.0 Å².